The number of carbonyl (C=O) groups is 3. The zero-order valence-corrected chi connectivity index (χ0v) is 16.3. The van der Waals surface area contributed by atoms with Gasteiger partial charge in [-0.15, -0.1) is 11.3 Å². The van der Waals surface area contributed by atoms with Crippen molar-refractivity contribution in [3.8, 4) is 5.75 Å². The summed E-state index contributed by atoms with van der Waals surface area (Å²) in [6, 6.07) is 9.84. The summed E-state index contributed by atoms with van der Waals surface area (Å²) < 4.78 is 5.15. The molecule has 0 saturated carbocycles. The van der Waals surface area contributed by atoms with Gasteiger partial charge in [0.1, 0.15) is 17.8 Å². The van der Waals surface area contributed by atoms with Crippen molar-refractivity contribution in [2.75, 3.05) is 26.7 Å². The predicted octanol–water partition coefficient (Wildman–Crippen LogP) is 1.15. The molecule has 2 fully saturated rings. The molecule has 0 unspecified atom stereocenters. The number of fused-ring (bicyclic) bond motifs is 1. The molecule has 0 radical (unpaired) electrons. The Morgan fingerprint density at radius 2 is 2.00 bits per heavy atom. The Kier molecular flexibility index (Phi) is 5.04. The second-order valence-corrected chi connectivity index (χ2v) is 7.84. The van der Waals surface area contributed by atoms with Gasteiger partial charge in [-0.25, -0.2) is 0 Å². The lowest BCUT2D eigenvalue weighted by Crippen LogP contribution is -2.70. The van der Waals surface area contributed by atoms with Gasteiger partial charge < -0.3 is 19.9 Å². The van der Waals surface area contributed by atoms with Crippen LogP contribution in [0.15, 0.2) is 41.8 Å². The Labute approximate surface area is 166 Å². The maximum atomic E-state index is 12.9. The smallest absolute Gasteiger partial charge is 0.264 e. The van der Waals surface area contributed by atoms with Crippen LogP contribution in [0.25, 0.3) is 0 Å². The maximum absolute atomic E-state index is 12.9. The van der Waals surface area contributed by atoms with Crippen molar-refractivity contribution in [2.24, 2.45) is 0 Å². The summed E-state index contributed by atoms with van der Waals surface area (Å²) in [6.07, 6.45) is 0.426. The van der Waals surface area contributed by atoms with Gasteiger partial charge in [-0.2, -0.15) is 0 Å². The number of hydrogen-bond acceptors (Lipinski definition) is 5. The molecule has 2 aliphatic heterocycles. The van der Waals surface area contributed by atoms with Crippen molar-refractivity contribution >= 4 is 29.1 Å². The lowest BCUT2D eigenvalue weighted by molar-refractivity contribution is -0.152. The number of nitrogens with zero attached hydrogens (tertiary/aromatic N) is 2. The van der Waals surface area contributed by atoms with Crippen LogP contribution >= 0.6 is 11.3 Å². The lowest BCUT2D eigenvalue weighted by atomic mass is 9.98. The number of nitrogens with one attached hydrogen (secondary N) is 1. The number of hydrogen-bond donors (Lipinski definition) is 1. The minimum absolute atomic E-state index is 0.0877. The Hall–Kier alpha value is -2.87. The van der Waals surface area contributed by atoms with Gasteiger partial charge >= 0.3 is 0 Å². The molecule has 146 valence electrons. The number of thiophene rings is 1. The quantitative estimate of drug-likeness (QED) is 0.837. The molecule has 1 aromatic heterocycles. The van der Waals surface area contributed by atoms with Crippen LogP contribution in [0.5, 0.6) is 5.75 Å². The molecule has 2 aromatic rings. The fourth-order valence-electron chi connectivity index (χ4n) is 3.68. The van der Waals surface area contributed by atoms with Gasteiger partial charge in [0.2, 0.25) is 11.8 Å². The van der Waals surface area contributed by atoms with Crippen LogP contribution in [0.1, 0.15) is 15.2 Å². The summed E-state index contributed by atoms with van der Waals surface area (Å²) in [5.41, 5.74) is 0.949. The van der Waals surface area contributed by atoms with Crippen molar-refractivity contribution in [3.63, 3.8) is 0 Å². The number of benzene rings is 1. The molecule has 2 aliphatic rings. The second-order valence-electron chi connectivity index (χ2n) is 6.89. The van der Waals surface area contributed by atoms with E-state index < -0.39 is 12.1 Å². The molecule has 1 N–H and O–H groups in total. The van der Waals surface area contributed by atoms with E-state index in [9.17, 15) is 14.4 Å². The van der Waals surface area contributed by atoms with Crippen LogP contribution in [0.3, 0.4) is 0 Å². The molecule has 2 atom stereocenters. The van der Waals surface area contributed by atoms with Crippen LogP contribution < -0.4 is 10.1 Å². The van der Waals surface area contributed by atoms with Crippen molar-refractivity contribution in [2.45, 2.75) is 18.5 Å². The molecule has 0 spiro atoms. The summed E-state index contributed by atoms with van der Waals surface area (Å²) >= 11 is 1.38. The first-order chi connectivity index (χ1) is 13.6. The van der Waals surface area contributed by atoms with Crippen molar-refractivity contribution in [3.05, 3.63) is 52.2 Å². The maximum Gasteiger partial charge on any atom is 0.264 e. The van der Waals surface area contributed by atoms with E-state index in [1.807, 2.05) is 35.7 Å². The highest BCUT2D eigenvalue weighted by molar-refractivity contribution is 7.12. The summed E-state index contributed by atoms with van der Waals surface area (Å²) in [5, 5.41) is 4.69. The molecule has 1 aromatic carbocycles. The number of piperazine rings is 2. The van der Waals surface area contributed by atoms with Crippen LogP contribution in [0.2, 0.25) is 0 Å². The monoisotopic (exact) mass is 399 g/mol. The molecule has 4 rings (SSSR count). The highest BCUT2D eigenvalue weighted by Crippen LogP contribution is 2.21. The topological polar surface area (TPSA) is 79.0 Å². The molecule has 3 amide bonds. The van der Waals surface area contributed by atoms with E-state index in [2.05, 4.69) is 5.32 Å². The van der Waals surface area contributed by atoms with Crippen molar-refractivity contribution in [1.82, 2.24) is 15.1 Å². The molecule has 8 heteroatoms. The average Bonchev–Trinajstić information content (AvgIpc) is 3.26. The summed E-state index contributed by atoms with van der Waals surface area (Å²) in [5.74, 6) is 0.357. The molecule has 2 saturated heterocycles. The molecule has 0 bridgehead atoms. The minimum atomic E-state index is -0.628. The first-order valence-electron chi connectivity index (χ1n) is 9.13. The van der Waals surface area contributed by atoms with Crippen LogP contribution in [-0.4, -0.2) is 66.3 Å². The number of methoxy groups -OCH3 is 1. The normalized spacial score (nSPS) is 21.9. The molecule has 3 heterocycles. The first-order valence-corrected chi connectivity index (χ1v) is 10.0. The zero-order chi connectivity index (χ0) is 19.7. The van der Waals surface area contributed by atoms with Gasteiger partial charge in [0, 0.05) is 19.5 Å². The molecular weight excluding hydrogens is 378 g/mol. The Morgan fingerprint density at radius 1 is 1.21 bits per heavy atom. The van der Waals surface area contributed by atoms with Gasteiger partial charge in [0.05, 0.1) is 18.5 Å². The highest BCUT2D eigenvalue weighted by atomic mass is 32.1. The molecule has 0 aliphatic carbocycles. The van der Waals surface area contributed by atoms with Crippen LogP contribution in [0, 0.1) is 0 Å². The molecule has 7 nitrogen and oxygen atoms in total. The second kappa shape index (κ2) is 7.63. The number of carbonyl (C=O) groups excluding carboxylic acids is 3. The predicted molar refractivity (Wildman–Crippen MR) is 104 cm³/mol. The van der Waals surface area contributed by atoms with Gasteiger partial charge in [-0.05, 0) is 29.1 Å². The summed E-state index contributed by atoms with van der Waals surface area (Å²) in [4.78, 5) is 42.1. The number of rotatable bonds is 4. The standard InChI is InChI=1S/C20H21N3O4S/c1-27-14-6-4-13(5-7-14)11-15-19(25)23-9-8-22(12-16(23)18(24)21-15)20(26)17-3-2-10-28-17/h2-7,10,15-16H,8-9,11-12H2,1H3,(H,21,24)/t15-,16+/m1/s1. The van der Waals surface area contributed by atoms with Gasteiger partial charge in [0.25, 0.3) is 5.91 Å². The van der Waals surface area contributed by atoms with E-state index >= 15 is 0 Å². The van der Waals surface area contributed by atoms with Crippen molar-refractivity contribution in [1.29, 1.82) is 0 Å². The van der Waals surface area contributed by atoms with Crippen LogP contribution in [0.4, 0.5) is 0 Å². The summed E-state index contributed by atoms with van der Waals surface area (Å²) in [7, 11) is 1.60. The molecular formula is C20H21N3O4S. The fraction of sp³-hybridized carbons (Fsp3) is 0.350. The van der Waals surface area contributed by atoms with Gasteiger partial charge in [-0.1, -0.05) is 18.2 Å². The van der Waals surface area contributed by atoms with E-state index in [0.29, 0.717) is 24.4 Å². The first kappa shape index (κ1) is 18.5. The van der Waals surface area contributed by atoms with Gasteiger partial charge in [0.15, 0.2) is 0 Å². The van der Waals surface area contributed by atoms with E-state index in [1.165, 1.54) is 11.3 Å². The Bertz CT molecular complexity index is 881. The Balaban J connectivity index is 1.44. The number of ether oxygens (including phenoxy) is 1. The zero-order valence-electron chi connectivity index (χ0n) is 15.5. The third kappa shape index (κ3) is 3.47. The SMILES string of the molecule is COc1ccc(C[C@H]2NC(=O)[C@@H]3CN(C(=O)c4cccs4)CCN3C2=O)cc1. The lowest BCUT2D eigenvalue weighted by Gasteiger charge is -2.45. The van der Waals surface area contributed by atoms with E-state index in [4.69, 9.17) is 4.74 Å². The molecule has 28 heavy (non-hydrogen) atoms. The average molecular weight is 399 g/mol. The van der Waals surface area contributed by atoms with E-state index in [0.717, 1.165) is 11.3 Å². The third-order valence-electron chi connectivity index (χ3n) is 5.20. The highest BCUT2D eigenvalue weighted by Gasteiger charge is 2.44. The van der Waals surface area contributed by atoms with Crippen LogP contribution in [-0.2, 0) is 16.0 Å². The van der Waals surface area contributed by atoms with Gasteiger partial charge in [-0.3, -0.25) is 14.4 Å². The fourth-order valence-corrected chi connectivity index (χ4v) is 4.37. The van der Waals surface area contributed by atoms with E-state index in [-0.39, 0.29) is 24.3 Å². The minimum Gasteiger partial charge on any atom is -0.497 e. The van der Waals surface area contributed by atoms with Crippen molar-refractivity contribution < 1.29 is 19.1 Å². The largest absolute Gasteiger partial charge is 0.497 e. The van der Waals surface area contributed by atoms with E-state index in [1.54, 1.807) is 23.0 Å². The third-order valence-corrected chi connectivity index (χ3v) is 6.06. The summed E-state index contributed by atoms with van der Waals surface area (Å²) in [6.45, 7) is 1.03. The Morgan fingerprint density at radius 3 is 2.68 bits per heavy atom. The number of amides is 3.